The van der Waals surface area contributed by atoms with Gasteiger partial charge in [-0.3, -0.25) is 4.79 Å². The maximum atomic E-state index is 11.7. The van der Waals surface area contributed by atoms with Gasteiger partial charge >= 0.3 is 0 Å². The molecule has 0 radical (unpaired) electrons. The van der Waals surface area contributed by atoms with Crippen molar-refractivity contribution in [2.24, 2.45) is 4.99 Å². The summed E-state index contributed by atoms with van der Waals surface area (Å²) in [5.41, 5.74) is 2.74. The van der Waals surface area contributed by atoms with Gasteiger partial charge in [0.05, 0.1) is 25.8 Å². The van der Waals surface area contributed by atoms with Crippen LogP contribution >= 0.6 is 0 Å². The van der Waals surface area contributed by atoms with E-state index in [4.69, 9.17) is 9.47 Å². The Morgan fingerprint density at radius 2 is 1.68 bits per heavy atom. The van der Waals surface area contributed by atoms with Crippen LogP contribution in [-0.2, 0) is 6.54 Å². The number of hydrogen-bond donors (Lipinski definition) is 3. The fourth-order valence-electron chi connectivity index (χ4n) is 3.02. The van der Waals surface area contributed by atoms with Crippen LogP contribution < -0.4 is 25.4 Å². The van der Waals surface area contributed by atoms with E-state index in [0.717, 1.165) is 35.1 Å². The van der Waals surface area contributed by atoms with Gasteiger partial charge in [-0.1, -0.05) is 18.2 Å². The van der Waals surface area contributed by atoms with Crippen molar-refractivity contribution in [2.75, 3.05) is 26.8 Å². The lowest BCUT2D eigenvalue weighted by molar-refractivity contribution is 0.0963. The molecule has 3 N–H and O–H groups in total. The molecule has 1 unspecified atom stereocenters. The summed E-state index contributed by atoms with van der Waals surface area (Å²) < 4.78 is 11.4. The zero-order chi connectivity index (χ0) is 22.6. The smallest absolute Gasteiger partial charge is 0.251 e. The maximum Gasteiger partial charge on any atom is 0.251 e. The Hall–Kier alpha value is -3.22. The molecule has 0 aliphatic carbocycles. The number of ether oxygens (including phenoxy) is 2. The molecule has 168 valence electrons. The van der Waals surface area contributed by atoms with Crippen LogP contribution in [0.3, 0.4) is 0 Å². The lowest BCUT2D eigenvalue weighted by Crippen LogP contribution is -2.38. The normalized spacial score (nSPS) is 12.1. The molecule has 0 fully saturated rings. The number of nitrogens with one attached hydrogen (secondary N) is 3. The first-order chi connectivity index (χ1) is 15.0. The average Bonchev–Trinajstić information content (AvgIpc) is 2.78. The van der Waals surface area contributed by atoms with Crippen LogP contribution in [0.25, 0.3) is 0 Å². The van der Waals surface area contributed by atoms with Crippen molar-refractivity contribution in [3.8, 4) is 11.5 Å². The van der Waals surface area contributed by atoms with Gasteiger partial charge in [-0.25, -0.2) is 4.99 Å². The quantitative estimate of drug-likeness (QED) is 0.399. The standard InChI is InChI=1S/C24H34N4O3/c1-6-26-24(27-16-18-9-11-19(12-10-18)23(29)25-5)28-17(4)20-13-14-21(30-7-2)22(15-20)31-8-3/h9-15,17H,6-8,16H2,1-5H3,(H,25,29)(H2,26,27,28). The first-order valence-electron chi connectivity index (χ1n) is 10.8. The minimum absolute atomic E-state index is 0.0170. The molecule has 0 heterocycles. The van der Waals surface area contributed by atoms with Gasteiger partial charge in [0.2, 0.25) is 0 Å². The second-order valence-corrected chi connectivity index (χ2v) is 6.91. The first kappa shape index (κ1) is 24.1. The van der Waals surface area contributed by atoms with Crippen molar-refractivity contribution in [3.05, 3.63) is 59.2 Å². The number of guanidine groups is 1. The predicted octanol–water partition coefficient (Wildman–Crippen LogP) is 3.66. The van der Waals surface area contributed by atoms with E-state index in [1.165, 1.54) is 0 Å². The van der Waals surface area contributed by atoms with Crippen LogP contribution in [0.15, 0.2) is 47.5 Å². The number of carbonyl (C=O) groups excluding carboxylic acids is 1. The van der Waals surface area contributed by atoms with E-state index >= 15 is 0 Å². The molecule has 0 saturated carbocycles. The van der Waals surface area contributed by atoms with E-state index < -0.39 is 0 Å². The molecule has 1 amide bonds. The van der Waals surface area contributed by atoms with Crippen LogP contribution in [-0.4, -0.2) is 38.7 Å². The van der Waals surface area contributed by atoms with Gasteiger partial charge in [0.15, 0.2) is 17.5 Å². The van der Waals surface area contributed by atoms with Crippen LogP contribution in [0.5, 0.6) is 11.5 Å². The van der Waals surface area contributed by atoms with E-state index in [0.29, 0.717) is 25.3 Å². The number of nitrogens with zero attached hydrogens (tertiary/aromatic N) is 1. The highest BCUT2D eigenvalue weighted by Crippen LogP contribution is 2.30. The highest BCUT2D eigenvalue weighted by atomic mass is 16.5. The Bertz CT molecular complexity index is 866. The van der Waals surface area contributed by atoms with Crippen molar-refractivity contribution in [1.29, 1.82) is 0 Å². The number of rotatable bonds is 10. The molecule has 1 atom stereocenters. The Balaban J connectivity index is 2.11. The topological polar surface area (TPSA) is 84.0 Å². The Kier molecular flexibility index (Phi) is 9.68. The third kappa shape index (κ3) is 7.20. The van der Waals surface area contributed by atoms with Gasteiger partial charge in [-0.2, -0.15) is 0 Å². The predicted molar refractivity (Wildman–Crippen MR) is 125 cm³/mol. The second kappa shape index (κ2) is 12.5. The molecule has 7 nitrogen and oxygen atoms in total. The van der Waals surface area contributed by atoms with E-state index in [9.17, 15) is 4.79 Å². The summed E-state index contributed by atoms with van der Waals surface area (Å²) in [6.45, 7) is 10.5. The summed E-state index contributed by atoms with van der Waals surface area (Å²) in [4.78, 5) is 16.4. The molecule has 2 aromatic carbocycles. The van der Waals surface area contributed by atoms with E-state index in [-0.39, 0.29) is 11.9 Å². The molecule has 2 rings (SSSR count). The van der Waals surface area contributed by atoms with Gasteiger partial charge in [-0.05, 0) is 63.1 Å². The molecule has 0 aromatic heterocycles. The van der Waals surface area contributed by atoms with Gasteiger partial charge in [-0.15, -0.1) is 0 Å². The summed E-state index contributed by atoms with van der Waals surface area (Å²) in [6.07, 6.45) is 0. The Morgan fingerprint density at radius 1 is 1.00 bits per heavy atom. The third-order valence-electron chi connectivity index (χ3n) is 4.63. The molecule has 0 spiro atoms. The zero-order valence-electron chi connectivity index (χ0n) is 19.1. The van der Waals surface area contributed by atoms with Crippen molar-refractivity contribution in [2.45, 2.75) is 40.3 Å². The van der Waals surface area contributed by atoms with E-state index in [1.807, 2.05) is 63.2 Å². The minimum Gasteiger partial charge on any atom is -0.490 e. The monoisotopic (exact) mass is 426 g/mol. The molecule has 0 bridgehead atoms. The Labute approximate surface area is 185 Å². The van der Waals surface area contributed by atoms with Gasteiger partial charge < -0.3 is 25.4 Å². The third-order valence-corrected chi connectivity index (χ3v) is 4.63. The lowest BCUT2D eigenvalue weighted by atomic mass is 10.1. The number of amides is 1. The molecule has 0 aliphatic rings. The zero-order valence-corrected chi connectivity index (χ0v) is 19.1. The second-order valence-electron chi connectivity index (χ2n) is 6.91. The summed E-state index contributed by atoms with van der Waals surface area (Å²) >= 11 is 0. The number of aliphatic imine (C=N–C) groups is 1. The minimum atomic E-state index is -0.0966. The van der Waals surface area contributed by atoms with Gasteiger partial charge in [0.1, 0.15) is 0 Å². The fourth-order valence-corrected chi connectivity index (χ4v) is 3.02. The molecular weight excluding hydrogens is 392 g/mol. The Morgan fingerprint density at radius 3 is 2.29 bits per heavy atom. The molecule has 0 saturated heterocycles. The van der Waals surface area contributed by atoms with Crippen LogP contribution in [0.1, 0.15) is 55.2 Å². The number of carbonyl (C=O) groups is 1. The fraction of sp³-hybridized carbons (Fsp3) is 0.417. The molecule has 2 aromatic rings. The summed E-state index contributed by atoms with van der Waals surface area (Å²) in [7, 11) is 1.62. The number of hydrogen-bond acceptors (Lipinski definition) is 4. The summed E-state index contributed by atoms with van der Waals surface area (Å²) in [5, 5.41) is 9.35. The SMILES string of the molecule is CCNC(=NCc1ccc(C(=O)NC)cc1)NC(C)c1ccc(OCC)c(OCC)c1. The van der Waals surface area contributed by atoms with Gasteiger partial charge in [0, 0.05) is 19.2 Å². The van der Waals surface area contributed by atoms with Crippen molar-refractivity contribution >= 4 is 11.9 Å². The molecule has 0 aliphatic heterocycles. The highest BCUT2D eigenvalue weighted by Gasteiger charge is 2.12. The van der Waals surface area contributed by atoms with Gasteiger partial charge in [0.25, 0.3) is 5.91 Å². The molecule has 31 heavy (non-hydrogen) atoms. The van der Waals surface area contributed by atoms with Crippen LogP contribution in [0.4, 0.5) is 0 Å². The summed E-state index contributed by atoms with van der Waals surface area (Å²) in [6, 6.07) is 13.5. The van der Waals surface area contributed by atoms with Crippen molar-refractivity contribution < 1.29 is 14.3 Å². The van der Waals surface area contributed by atoms with Crippen molar-refractivity contribution in [3.63, 3.8) is 0 Å². The molecular formula is C24H34N4O3. The van der Waals surface area contributed by atoms with Crippen molar-refractivity contribution in [1.82, 2.24) is 16.0 Å². The molecule has 7 heteroatoms. The average molecular weight is 427 g/mol. The van der Waals surface area contributed by atoms with Crippen LogP contribution in [0, 0.1) is 0 Å². The maximum absolute atomic E-state index is 11.7. The van der Waals surface area contributed by atoms with E-state index in [2.05, 4.69) is 27.9 Å². The largest absolute Gasteiger partial charge is 0.490 e. The summed E-state index contributed by atoms with van der Waals surface area (Å²) in [5.74, 6) is 2.12. The first-order valence-corrected chi connectivity index (χ1v) is 10.8. The lowest BCUT2D eigenvalue weighted by Gasteiger charge is -2.20. The number of benzene rings is 2. The highest BCUT2D eigenvalue weighted by molar-refractivity contribution is 5.93. The van der Waals surface area contributed by atoms with E-state index in [1.54, 1.807) is 7.05 Å². The van der Waals surface area contributed by atoms with Crippen LogP contribution in [0.2, 0.25) is 0 Å².